The highest BCUT2D eigenvalue weighted by Gasteiger charge is 2.16. The monoisotopic (exact) mass is 232 g/mol. The van der Waals surface area contributed by atoms with E-state index >= 15 is 0 Å². The zero-order chi connectivity index (χ0) is 10.7. The molecule has 1 atom stereocenters. The van der Waals surface area contributed by atoms with Gasteiger partial charge < -0.3 is 5.11 Å². The SMILES string of the molecule is CC1C/C=C(Cl)/C=C(Cl)\C=C/1C(=O)O. The third kappa shape index (κ3) is 2.89. The third-order valence-corrected chi connectivity index (χ3v) is 2.50. The van der Waals surface area contributed by atoms with E-state index in [2.05, 4.69) is 0 Å². The molecule has 0 amide bonds. The van der Waals surface area contributed by atoms with Gasteiger partial charge in [-0.15, -0.1) is 0 Å². The molecule has 0 saturated heterocycles. The summed E-state index contributed by atoms with van der Waals surface area (Å²) < 4.78 is 0. The van der Waals surface area contributed by atoms with Gasteiger partial charge in [-0.3, -0.25) is 0 Å². The summed E-state index contributed by atoms with van der Waals surface area (Å²) in [5.74, 6) is -1.01. The maximum absolute atomic E-state index is 10.8. The van der Waals surface area contributed by atoms with Crippen LogP contribution in [0.2, 0.25) is 0 Å². The number of hydrogen-bond donors (Lipinski definition) is 1. The van der Waals surface area contributed by atoms with E-state index in [9.17, 15) is 4.79 Å². The molecule has 1 N–H and O–H groups in total. The number of carbonyl (C=O) groups is 1. The van der Waals surface area contributed by atoms with Crippen molar-refractivity contribution in [2.45, 2.75) is 13.3 Å². The van der Waals surface area contributed by atoms with Gasteiger partial charge in [0.2, 0.25) is 0 Å². The lowest BCUT2D eigenvalue weighted by Gasteiger charge is -2.12. The van der Waals surface area contributed by atoms with Crippen molar-refractivity contribution in [3.63, 3.8) is 0 Å². The third-order valence-electron chi connectivity index (χ3n) is 2.01. The topological polar surface area (TPSA) is 37.3 Å². The minimum absolute atomic E-state index is 0.0799. The number of halogens is 2. The molecule has 0 heterocycles. The van der Waals surface area contributed by atoms with Crippen LogP contribution >= 0.6 is 23.2 Å². The molecule has 0 aliphatic heterocycles. The Morgan fingerprint density at radius 3 is 2.64 bits per heavy atom. The molecule has 1 aliphatic rings. The van der Waals surface area contributed by atoms with Gasteiger partial charge in [0.15, 0.2) is 0 Å². The molecular weight excluding hydrogens is 223 g/mol. The Kier molecular flexibility index (Phi) is 3.78. The number of hydrogen-bond acceptors (Lipinski definition) is 1. The maximum Gasteiger partial charge on any atom is 0.331 e. The summed E-state index contributed by atoms with van der Waals surface area (Å²) in [6, 6.07) is 0. The molecule has 0 aromatic carbocycles. The van der Waals surface area contributed by atoms with Gasteiger partial charge in [-0.25, -0.2) is 4.79 Å². The smallest absolute Gasteiger partial charge is 0.331 e. The van der Waals surface area contributed by atoms with Crippen LogP contribution < -0.4 is 0 Å². The van der Waals surface area contributed by atoms with Crippen LogP contribution in [0.4, 0.5) is 0 Å². The average molecular weight is 233 g/mol. The van der Waals surface area contributed by atoms with E-state index in [1.54, 1.807) is 6.08 Å². The molecule has 2 nitrogen and oxygen atoms in total. The van der Waals surface area contributed by atoms with E-state index < -0.39 is 5.97 Å². The number of aliphatic carboxylic acids is 1. The minimum Gasteiger partial charge on any atom is -0.478 e. The number of carboxylic acids is 1. The molecule has 1 aliphatic carbocycles. The van der Waals surface area contributed by atoms with Gasteiger partial charge in [-0.2, -0.15) is 0 Å². The van der Waals surface area contributed by atoms with Gasteiger partial charge in [0.25, 0.3) is 0 Å². The predicted octanol–water partition coefficient (Wildman–Crippen LogP) is 3.28. The van der Waals surface area contributed by atoms with Crippen molar-refractivity contribution in [1.29, 1.82) is 0 Å². The molecule has 0 bridgehead atoms. The molecule has 1 unspecified atom stereocenters. The fourth-order valence-corrected chi connectivity index (χ4v) is 1.71. The first-order valence-electron chi connectivity index (χ1n) is 4.18. The zero-order valence-electron chi connectivity index (χ0n) is 7.63. The van der Waals surface area contributed by atoms with E-state index in [4.69, 9.17) is 28.3 Å². The molecule has 0 spiro atoms. The van der Waals surface area contributed by atoms with E-state index in [0.29, 0.717) is 22.1 Å². The number of allylic oxidation sites excluding steroid dienone is 5. The van der Waals surface area contributed by atoms with Crippen LogP contribution in [0.15, 0.2) is 33.9 Å². The Balaban J connectivity index is 3.09. The Morgan fingerprint density at radius 2 is 2.07 bits per heavy atom. The van der Waals surface area contributed by atoms with Gasteiger partial charge in [0, 0.05) is 15.6 Å². The highest BCUT2D eigenvalue weighted by Crippen LogP contribution is 2.24. The highest BCUT2D eigenvalue weighted by atomic mass is 35.5. The fraction of sp³-hybridized carbons (Fsp3) is 0.300. The molecule has 0 aromatic heterocycles. The summed E-state index contributed by atoms with van der Waals surface area (Å²) in [7, 11) is 0. The van der Waals surface area contributed by atoms with E-state index in [1.165, 1.54) is 12.2 Å². The Bertz CT molecular complexity index is 340. The predicted molar refractivity (Wildman–Crippen MR) is 57.4 cm³/mol. The van der Waals surface area contributed by atoms with Gasteiger partial charge >= 0.3 is 5.97 Å². The normalized spacial score (nSPS) is 33.9. The largest absolute Gasteiger partial charge is 0.478 e. The molecular formula is C10H10Cl2O2. The van der Waals surface area contributed by atoms with Crippen LogP contribution in [0.3, 0.4) is 0 Å². The molecule has 4 heteroatoms. The summed E-state index contributed by atoms with van der Waals surface area (Å²) in [4.78, 5) is 10.8. The Morgan fingerprint density at radius 1 is 1.43 bits per heavy atom. The second-order valence-electron chi connectivity index (χ2n) is 3.16. The lowest BCUT2D eigenvalue weighted by atomic mass is 9.96. The van der Waals surface area contributed by atoms with E-state index in [0.717, 1.165) is 0 Å². The molecule has 0 aromatic rings. The van der Waals surface area contributed by atoms with Crippen molar-refractivity contribution in [1.82, 2.24) is 0 Å². The van der Waals surface area contributed by atoms with Crippen LogP contribution in [0.25, 0.3) is 0 Å². The van der Waals surface area contributed by atoms with Crippen LogP contribution in [0.5, 0.6) is 0 Å². The molecule has 0 fully saturated rings. The number of rotatable bonds is 1. The fourth-order valence-electron chi connectivity index (χ4n) is 1.21. The highest BCUT2D eigenvalue weighted by molar-refractivity contribution is 6.35. The van der Waals surface area contributed by atoms with Gasteiger partial charge in [-0.05, 0) is 24.5 Å². The van der Waals surface area contributed by atoms with Gasteiger partial charge in [0.05, 0.1) is 0 Å². The van der Waals surface area contributed by atoms with E-state index in [1.807, 2.05) is 6.92 Å². The Labute approximate surface area is 92.5 Å². The standard InChI is InChI=1S/C10H10Cl2O2/c1-6-2-3-7(11)4-8(12)5-9(6)10(13)14/h3-6H,2H2,1H3,(H,13,14)/b7-3-,8-4+,9-5+. The minimum atomic E-state index is -0.935. The summed E-state index contributed by atoms with van der Waals surface area (Å²) in [6.45, 7) is 1.83. The summed E-state index contributed by atoms with van der Waals surface area (Å²) in [5.41, 5.74) is 0.312. The van der Waals surface area contributed by atoms with Crippen molar-refractivity contribution < 1.29 is 9.90 Å². The molecule has 76 valence electrons. The van der Waals surface area contributed by atoms with Gasteiger partial charge in [0.1, 0.15) is 0 Å². The molecule has 0 radical (unpaired) electrons. The quantitative estimate of drug-likeness (QED) is 0.754. The van der Waals surface area contributed by atoms with Crippen LogP contribution in [0.1, 0.15) is 13.3 Å². The maximum atomic E-state index is 10.8. The van der Waals surface area contributed by atoms with Crippen LogP contribution in [0, 0.1) is 5.92 Å². The van der Waals surface area contributed by atoms with Crippen molar-refractivity contribution in [3.8, 4) is 0 Å². The average Bonchev–Trinajstić information content (AvgIpc) is 2.08. The second kappa shape index (κ2) is 4.67. The van der Waals surface area contributed by atoms with Crippen LogP contribution in [-0.2, 0) is 4.79 Å². The number of carboxylic acid groups (broad SMARTS) is 1. The summed E-state index contributed by atoms with van der Waals surface area (Å²) in [5, 5.41) is 9.79. The summed E-state index contributed by atoms with van der Waals surface area (Å²) >= 11 is 11.6. The van der Waals surface area contributed by atoms with Crippen LogP contribution in [-0.4, -0.2) is 11.1 Å². The zero-order valence-corrected chi connectivity index (χ0v) is 9.14. The first kappa shape index (κ1) is 11.3. The van der Waals surface area contributed by atoms with Gasteiger partial charge in [-0.1, -0.05) is 36.2 Å². The van der Waals surface area contributed by atoms with Crippen molar-refractivity contribution in [3.05, 3.63) is 33.9 Å². The first-order valence-corrected chi connectivity index (χ1v) is 4.94. The molecule has 1 rings (SSSR count). The lowest BCUT2D eigenvalue weighted by Crippen LogP contribution is -2.10. The van der Waals surface area contributed by atoms with Crippen molar-refractivity contribution in [2.75, 3.05) is 0 Å². The van der Waals surface area contributed by atoms with Crippen molar-refractivity contribution >= 4 is 29.2 Å². The van der Waals surface area contributed by atoms with Crippen molar-refractivity contribution in [2.24, 2.45) is 5.92 Å². The lowest BCUT2D eigenvalue weighted by molar-refractivity contribution is -0.133. The van der Waals surface area contributed by atoms with E-state index in [-0.39, 0.29) is 5.92 Å². The molecule has 0 saturated carbocycles. The summed E-state index contributed by atoms with van der Waals surface area (Å²) in [6.07, 6.45) is 5.37. The Hall–Kier alpha value is -0.730. The second-order valence-corrected chi connectivity index (χ2v) is 4.03. The molecule has 14 heavy (non-hydrogen) atoms. The first-order chi connectivity index (χ1) is 6.50.